The van der Waals surface area contributed by atoms with Crippen molar-refractivity contribution in [2.75, 3.05) is 6.61 Å². The predicted molar refractivity (Wildman–Crippen MR) is 80.9 cm³/mol. The van der Waals surface area contributed by atoms with Crippen molar-refractivity contribution in [2.24, 2.45) is 0 Å². The number of nitrogens with zero attached hydrogens (tertiary/aromatic N) is 2. The molecule has 0 saturated carbocycles. The van der Waals surface area contributed by atoms with E-state index >= 15 is 0 Å². The van der Waals surface area contributed by atoms with Gasteiger partial charge in [-0.2, -0.15) is 0 Å². The standard InChI is InChI=1S/C12H10BrIN2O2/c13-9-1-3-10(4-2-9)18-6-5-16-8-15-7-11(14)12(16)17/h1-4,7-8H,5-6H2. The lowest BCUT2D eigenvalue weighted by Crippen LogP contribution is -2.25. The van der Waals surface area contributed by atoms with E-state index in [1.165, 1.54) is 6.33 Å². The van der Waals surface area contributed by atoms with Gasteiger partial charge in [-0.1, -0.05) is 15.9 Å². The maximum Gasteiger partial charge on any atom is 0.266 e. The first-order valence-electron chi connectivity index (χ1n) is 5.25. The highest BCUT2D eigenvalue weighted by molar-refractivity contribution is 14.1. The van der Waals surface area contributed by atoms with Crippen LogP contribution in [-0.4, -0.2) is 16.2 Å². The fourth-order valence-corrected chi connectivity index (χ4v) is 2.11. The molecule has 1 aromatic heterocycles. The Morgan fingerprint density at radius 1 is 1.33 bits per heavy atom. The first kappa shape index (κ1) is 13.5. The average Bonchev–Trinajstić information content (AvgIpc) is 2.37. The van der Waals surface area contributed by atoms with Gasteiger partial charge in [-0.25, -0.2) is 4.98 Å². The van der Waals surface area contributed by atoms with Gasteiger partial charge in [0.25, 0.3) is 5.56 Å². The van der Waals surface area contributed by atoms with E-state index in [-0.39, 0.29) is 5.56 Å². The van der Waals surface area contributed by atoms with Crippen LogP contribution in [-0.2, 0) is 6.54 Å². The topological polar surface area (TPSA) is 44.1 Å². The number of hydrogen-bond donors (Lipinski definition) is 0. The quantitative estimate of drug-likeness (QED) is 0.714. The monoisotopic (exact) mass is 420 g/mol. The maximum atomic E-state index is 11.7. The zero-order valence-corrected chi connectivity index (χ0v) is 13.1. The van der Waals surface area contributed by atoms with Gasteiger partial charge in [0.15, 0.2) is 0 Å². The maximum absolute atomic E-state index is 11.7. The summed E-state index contributed by atoms with van der Waals surface area (Å²) in [4.78, 5) is 15.7. The van der Waals surface area contributed by atoms with Crippen LogP contribution < -0.4 is 10.3 Å². The minimum Gasteiger partial charge on any atom is -0.492 e. The van der Waals surface area contributed by atoms with E-state index in [2.05, 4.69) is 20.9 Å². The first-order valence-corrected chi connectivity index (χ1v) is 7.12. The van der Waals surface area contributed by atoms with Crippen molar-refractivity contribution in [1.29, 1.82) is 0 Å². The van der Waals surface area contributed by atoms with Gasteiger partial charge >= 0.3 is 0 Å². The van der Waals surface area contributed by atoms with Gasteiger partial charge in [0.1, 0.15) is 12.4 Å². The van der Waals surface area contributed by atoms with Crippen molar-refractivity contribution in [3.05, 3.63) is 55.2 Å². The largest absolute Gasteiger partial charge is 0.492 e. The molecule has 0 aliphatic carbocycles. The molecule has 0 fully saturated rings. The van der Waals surface area contributed by atoms with E-state index < -0.39 is 0 Å². The van der Waals surface area contributed by atoms with Crippen LogP contribution in [0.2, 0.25) is 0 Å². The molecule has 0 spiro atoms. The molecule has 1 heterocycles. The van der Waals surface area contributed by atoms with E-state index in [1.54, 1.807) is 10.8 Å². The number of benzene rings is 1. The molecule has 6 heteroatoms. The Morgan fingerprint density at radius 2 is 2.06 bits per heavy atom. The molecule has 0 saturated heterocycles. The number of halogens is 2. The molecule has 2 aromatic rings. The van der Waals surface area contributed by atoms with Crippen LogP contribution >= 0.6 is 38.5 Å². The second-order valence-electron chi connectivity index (χ2n) is 3.54. The third-order valence-electron chi connectivity index (χ3n) is 2.27. The summed E-state index contributed by atoms with van der Waals surface area (Å²) in [6.45, 7) is 0.919. The summed E-state index contributed by atoms with van der Waals surface area (Å²) in [5, 5.41) is 0. The minimum atomic E-state index is -0.0370. The third-order valence-corrected chi connectivity index (χ3v) is 3.54. The van der Waals surface area contributed by atoms with Gasteiger partial charge < -0.3 is 4.74 Å². The summed E-state index contributed by atoms with van der Waals surface area (Å²) in [7, 11) is 0. The smallest absolute Gasteiger partial charge is 0.266 e. The van der Waals surface area contributed by atoms with Crippen molar-refractivity contribution < 1.29 is 4.74 Å². The second kappa shape index (κ2) is 6.33. The lowest BCUT2D eigenvalue weighted by Gasteiger charge is -2.08. The Hall–Kier alpha value is -0.890. The van der Waals surface area contributed by atoms with Gasteiger partial charge in [-0.15, -0.1) is 0 Å². The highest BCUT2D eigenvalue weighted by Crippen LogP contribution is 2.15. The fraction of sp³-hybridized carbons (Fsp3) is 0.167. The van der Waals surface area contributed by atoms with E-state index in [0.29, 0.717) is 16.7 Å². The van der Waals surface area contributed by atoms with Crippen molar-refractivity contribution in [2.45, 2.75) is 6.54 Å². The molecule has 0 unspecified atom stereocenters. The molecule has 4 nitrogen and oxygen atoms in total. The van der Waals surface area contributed by atoms with Crippen molar-refractivity contribution in [3.8, 4) is 5.75 Å². The molecule has 1 aromatic carbocycles. The van der Waals surface area contributed by atoms with E-state index in [9.17, 15) is 4.79 Å². The molecule has 0 amide bonds. The molecular weight excluding hydrogens is 411 g/mol. The van der Waals surface area contributed by atoms with Gasteiger partial charge in [0, 0.05) is 10.7 Å². The van der Waals surface area contributed by atoms with Crippen molar-refractivity contribution >= 4 is 38.5 Å². The van der Waals surface area contributed by atoms with Crippen molar-refractivity contribution in [3.63, 3.8) is 0 Å². The van der Waals surface area contributed by atoms with Gasteiger partial charge in [-0.3, -0.25) is 9.36 Å². The molecule has 0 bridgehead atoms. The Morgan fingerprint density at radius 3 is 2.78 bits per heavy atom. The zero-order chi connectivity index (χ0) is 13.0. The molecule has 0 radical (unpaired) electrons. The minimum absolute atomic E-state index is 0.0370. The summed E-state index contributed by atoms with van der Waals surface area (Å²) in [6.07, 6.45) is 3.07. The molecule has 18 heavy (non-hydrogen) atoms. The van der Waals surface area contributed by atoms with Crippen LogP contribution in [0.1, 0.15) is 0 Å². The SMILES string of the molecule is O=c1c(I)cncn1CCOc1ccc(Br)cc1. The molecule has 0 N–H and O–H groups in total. The summed E-state index contributed by atoms with van der Waals surface area (Å²) < 4.78 is 8.71. The summed E-state index contributed by atoms with van der Waals surface area (Å²) >= 11 is 5.33. The van der Waals surface area contributed by atoms with Crippen molar-refractivity contribution in [1.82, 2.24) is 9.55 Å². The summed E-state index contributed by atoms with van der Waals surface area (Å²) in [6, 6.07) is 7.57. The van der Waals surface area contributed by atoms with Crippen LogP contribution in [0.3, 0.4) is 0 Å². The van der Waals surface area contributed by atoms with E-state index in [4.69, 9.17) is 4.74 Å². The zero-order valence-electron chi connectivity index (χ0n) is 9.35. The number of rotatable bonds is 4. The average molecular weight is 421 g/mol. The molecule has 2 rings (SSSR count). The van der Waals surface area contributed by atoms with Crippen LogP contribution in [0.4, 0.5) is 0 Å². The first-order chi connectivity index (χ1) is 8.66. The molecule has 94 valence electrons. The van der Waals surface area contributed by atoms with Crippen LogP contribution in [0.5, 0.6) is 5.75 Å². The Kier molecular flexibility index (Phi) is 4.76. The molecular formula is C12H10BrIN2O2. The summed E-state index contributed by atoms with van der Waals surface area (Å²) in [5.74, 6) is 0.782. The van der Waals surface area contributed by atoms with Gasteiger partial charge in [-0.05, 0) is 46.9 Å². The summed E-state index contributed by atoms with van der Waals surface area (Å²) in [5.41, 5.74) is -0.0370. The normalized spacial score (nSPS) is 10.3. The Bertz CT molecular complexity index is 583. The third kappa shape index (κ3) is 3.55. The van der Waals surface area contributed by atoms with E-state index in [0.717, 1.165) is 10.2 Å². The Balaban J connectivity index is 1.94. The van der Waals surface area contributed by atoms with Gasteiger partial charge in [0.2, 0.25) is 0 Å². The molecule has 0 aliphatic rings. The van der Waals surface area contributed by atoms with Gasteiger partial charge in [0.05, 0.1) is 16.4 Å². The van der Waals surface area contributed by atoms with E-state index in [1.807, 2.05) is 46.9 Å². The fourth-order valence-electron chi connectivity index (χ4n) is 1.38. The lowest BCUT2D eigenvalue weighted by molar-refractivity contribution is 0.295. The van der Waals surface area contributed by atoms with Crippen LogP contribution in [0.25, 0.3) is 0 Å². The number of hydrogen-bond acceptors (Lipinski definition) is 3. The Labute approximate surface area is 126 Å². The molecule has 0 atom stereocenters. The molecule has 0 aliphatic heterocycles. The predicted octanol–water partition coefficient (Wildman–Crippen LogP) is 2.69. The second-order valence-corrected chi connectivity index (χ2v) is 5.62. The lowest BCUT2D eigenvalue weighted by atomic mass is 10.3. The van der Waals surface area contributed by atoms with Crippen LogP contribution in [0.15, 0.2) is 46.1 Å². The highest BCUT2D eigenvalue weighted by atomic mass is 127. The number of aromatic nitrogens is 2. The van der Waals surface area contributed by atoms with Crippen LogP contribution in [0, 0.1) is 3.57 Å². The highest BCUT2D eigenvalue weighted by Gasteiger charge is 2.01. The number of ether oxygens (including phenoxy) is 1.